The molecule has 6 nitrogen and oxygen atoms in total. The molecule has 0 rings (SSSR count). The summed E-state index contributed by atoms with van der Waals surface area (Å²) in [5, 5.41) is 8.82. The molecule has 0 saturated carbocycles. The second-order valence-electron chi connectivity index (χ2n) is 2.20. The lowest BCUT2D eigenvalue weighted by molar-refractivity contribution is -0.143. The van der Waals surface area contributed by atoms with Gasteiger partial charge in [-0.2, -0.15) is 8.42 Å². The quantitative estimate of drug-likeness (QED) is 0.434. The van der Waals surface area contributed by atoms with Crippen LogP contribution in [0.4, 0.5) is 0 Å². The minimum atomic E-state index is -4.21. The Morgan fingerprint density at radius 3 is 2.42 bits per heavy atom. The highest BCUT2D eigenvalue weighted by atomic mass is 32.2. The number of aliphatic hydroxyl groups excluding tert-OH is 1. The van der Waals surface area contributed by atoms with Crippen molar-refractivity contribution in [2.45, 2.75) is 13.0 Å². The zero-order chi connectivity index (χ0) is 9.78. The van der Waals surface area contributed by atoms with E-state index in [9.17, 15) is 13.2 Å². The van der Waals surface area contributed by atoms with Crippen LogP contribution < -0.4 is 0 Å². The third kappa shape index (κ3) is 7.45. The molecule has 12 heavy (non-hydrogen) atoms. The number of esters is 1. The predicted molar refractivity (Wildman–Crippen MR) is 39.1 cm³/mol. The lowest BCUT2D eigenvalue weighted by Gasteiger charge is -2.07. The van der Waals surface area contributed by atoms with Crippen molar-refractivity contribution < 1.29 is 27.6 Å². The Labute approximate surface area is 69.9 Å². The molecular weight excluding hydrogens is 188 g/mol. The number of carbonyl (C=O) groups is 1. The van der Waals surface area contributed by atoms with Crippen LogP contribution in [0.5, 0.6) is 0 Å². The molecule has 0 aliphatic carbocycles. The third-order valence-electron chi connectivity index (χ3n) is 0.882. The van der Waals surface area contributed by atoms with Gasteiger partial charge in [0.15, 0.2) is 0 Å². The molecule has 0 radical (unpaired) electrons. The molecule has 0 bridgehead atoms. The Morgan fingerprint density at radius 2 is 2.08 bits per heavy atom. The maximum absolute atomic E-state index is 10.2. The zero-order valence-corrected chi connectivity index (χ0v) is 7.24. The molecule has 1 atom stereocenters. The topological polar surface area (TPSA) is 101 Å². The van der Waals surface area contributed by atoms with Crippen LogP contribution in [0.15, 0.2) is 0 Å². The minimum Gasteiger partial charge on any atom is -0.463 e. The first kappa shape index (κ1) is 11.3. The Bertz CT molecular complexity index is 243. The van der Waals surface area contributed by atoms with Crippen LogP contribution in [-0.4, -0.2) is 42.5 Å². The molecule has 0 saturated heterocycles. The van der Waals surface area contributed by atoms with Gasteiger partial charge in [-0.25, -0.2) is 0 Å². The highest BCUT2D eigenvalue weighted by Crippen LogP contribution is 1.91. The highest BCUT2D eigenvalue weighted by molar-refractivity contribution is 7.85. The molecule has 2 N–H and O–H groups in total. The Balaban J connectivity index is 3.75. The summed E-state index contributed by atoms with van der Waals surface area (Å²) < 4.78 is 32.8. The number of aliphatic hydroxyl groups is 1. The molecule has 0 amide bonds. The standard InChI is InChI=1S/C5H10O6S/c1-4(6)11-2-5(7)3-12(8,9)10/h5,7H,2-3H2,1H3,(H,8,9,10). The van der Waals surface area contributed by atoms with Crippen LogP contribution in [0, 0.1) is 0 Å². The van der Waals surface area contributed by atoms with Crippen LogP contribution in [-0.2, 0) is 19.6 Å². The fraction of sp³-hybridized carbons (Fsp3) is 0.800. The first-order valence-electron chi connectivity index (χ1n) is 3.08. The SMILES string of the molecule is CC(=O)OCC(O)CS(=O)(=O)O. The van der Waals surface area contributed by atoms with Gasteiger partial charge in [0, 0.05) is 6.92 Å². The monoisotopic (exact) mass is 198 g/mol. The van der Waals surface area contributed by atoms with Crippen molar-refractivity contribution >= 4 is 16.1 Å². The van der Waals surface area contributed by atoms with E-state index in [1.165, 1.54) is 0 Å². The molecule has 0 aliphatic heterocycles. The largest absolute Gasteiger partial charge is 0.463 e. The van der Waals surface area contributed by atoms with Crippen LogP contribution in [0.3, 0.4) is 0 Å². The normalized spacial score (nSPS) is 13.9. The summed E-state index contributed by atoms with van der Waals surface area (Å²) in [6.07, 6.45) is -1.39. The lowest BCUT2D eigenvalue weighted by atomic mass is 10.4. The summed E-state index contributed by atoms with van der Waals surface area (Å²) in [6, 6.07) is 0. The van der Waals surface area contributed by atoms with Crippen molar-refractivity contribution in [2.75, 3.05) is 12.4 Å². The molecule has 0 aromatic heterocycles. The Morgan fingerprint density at radius 1 is 1.58 bits per heavy atom. The van der Waals surface area contributed by atoms with Gasteiger partial charge < -0.3 is 9.84 Å². The lowest BCUT2D eigenvalue weighted by Crippen LogP contribution is -2.26. The number of ether oxygens (including phenoxy) is 1. The van der Waals surface area contributed by atoms with Crippen LogP contribution in [0.2, 0.25) is 0 Å². The minimum absolute atomic E-state index is 0.435. The van der Waals surface area contributed by atoms with Crippen molar-refractivity contribution in [3.05, 3.63) is 0 Å². The van der Waals surface area contributed by atoms with E-state index in [1.807, 2.05) is 0 Å². The number of hydrogen-bond donors (Lipinski definition) is 2. The van der Waals surface area contributed by atoms with E-state index in [4.69, 9.17) is 9.66 Å². The van der Waals surface area contributed by atoms with Crippen molar-refractivity contribution in [1.82, 2.24) is 0 Å². The van der Waals surface area contributed by atoms with Crippen molar-refractivity contribution in [1.29, 1.82) is 0 Å². The highest BCUT2D eigenvalue weighted by Gasteiger charge is 2.14. The second kappa shape index (κ2) is 4.39. The number of rotatable bonds is 4. The summed E-state index contributed by atoms with van der Waals surface area (Å²) in [5.74, 6) is -1.45. The summed E-state index contributed by atoms with van der Waals surface area (Å²) in [5.41, 5.74) is 0. The van der Waals surface area contributed by atoms with Crippen molar-refractivity contribution in [3.8, 4) is 0 Å². The van der Waals surface area contributed by atoms with Gasteiger partial charge in [-0.1, -0.05) is 0 Å². The van der Waals surface area contributed by atoms with E-state index in [1.54, 1.807) is 0 Å². The molecule has 0 aromatic carbocycles. The molecule has 1 unspecified atom stereocenters. The van der Waals surface area contributed by atoms with Gasteiger partial charge in [-0.05, 0) is 0 Å². The zero-order valence-electron chi connectivity index (χ0n) is 6.43. The van der Waals surface area contributed by atoms with Gasteiger partial charge in [-0.3, -0.25) is 9.35 Å². The molecule has 0 aliphatic rings. The summed E-state index contributed by atoms with van der Waals surface area (Å²) >= 11 is 0. The number of hydrogen-bond acceptors (Lipinski definition) is 5. The van der Waals surface area contributed by atoms with E-state index in [0.29, 0.717) is 0 Å². The molecule has 72 valence electrons. The van der Waals surface area contributed by atoms with Gasteiger partial charge in [0.2, 0.25) is 0 Å². The molecule has 7 heteroatoms. The van der Waals surface area contributed by atoms with Gasteiger partial charge in [0.1, 0.15) is 18.5 Å². The molecule has 0 heterocycles. The van der Waals surface area contributed by atoms with Gasteiger partial charge in [-0.15, -0.1) is 0 Å². The first-order valence-corrected chi connectivity index (χ1v) is 4.69. The fourth-order valence-corrected chi connectivity index (χ4v) is 1.09. The van der Waals surface area contributed by atoms with E-state index < -0.39 is 34.6 Å². The van der Waals surface area contributed by atoms with E-state index in [-0.39, 0.29) is 0 Å². The molecule has 0 spiro atoms. The van der Waals surface area contributed by atoms with Gasteiger partial charge in [0.05, 0.1) is 0 Å². The van der Waals surface area contributed by atoms with E-state index in [2.05, 4.69) is 4.74 Å². The van der Waals surface area contributed by atoms with Crippen LogP contribution in [0.25, 0.3) is 0 Å². The maximum atomic E-state index is 10.2. The summed E-state index contributed by atoms with van der Waals surface area (Å²) in [7, 11) is -4.21. The second-order valence-corrected chi connectivity index (χ2v) is 3.70. The Kier molecular flexibility index (Phi) is 4.15. The summed E-state index contributed by atoms with van der Waals surface area (Å²) in [4.78, 5) is 10.2. The smallest absolute Gasteiger partial charge is 0.302 e. The first-order chi connectivity index (χ1) is 5.31. The van der Waals surface area contributed by atoms with Gasteiger partial charge in [0.25, 0.3) is 10.1 Å². The van der Waals surface area contributed by atoms with Crippen LogP contribution >= 0.6 is 0 Å². The van der Waals surface area contributed by atoms with E-state index in [0.717, 1.165) is 6.92 Å². The average molecular weight is 198 g/mol. The van der Waals surface area contributed by atoms with Crippen molar-refractivity contribution in [2.24, 2.45) is 0 Å². The van der Waals surface area contributed by atoms with Gasteiger partial charge >= 0.3 is 5.97 Å². The summed E-state index contributed by atoms with van der Waals surface area (Å²) in [6.45, 7) is 0.690. The number of carbonyl (C=O) groups excluding carboxylic acids is 1. The third-order valence-corrected chi connectivity index (χ3v) is 1.69. The fourth-order valence-electron chi connectivity index (χ4n) is 0.505. The molecule has 0 fully saturated rings. The average Bonchev–Trinajstić information content (AvgIpc) is 1.79. The maximum Gasteiger partial charge on any atom is 0.302 e. The van der Waals surface area contributed by atoms with Crippen LogP contribution in [0.1, 0.15) is 6.92 Å². The predicted octanol–water partition coefficient (Wildman–Crippen LogP) is -1.20. The van der Waals surface area contributed by atoms with Crippen molar-refractivity contribution in [3.63, 3.8) is 0 Å². The Hall–Kier alpha value is -0.660. The molecular formula is C5H10O6S. The van der Waals surface area contributed by atoms with E-state index >= 15 is 0 Å². The molecule has 0 aromatic rings.